The Morgan fingerprint density at radius 1 is 1.17 bits per heavy atom. The van der Waals surface area contributed by atoms with Gasteiger partial charge in [-0.05, 0) is 5.56 Å². The average Bonchev–Trinajstić information content (AvgIpc) is 2.37. The van der Waals surface area contributed by atoms with Crippen molar-refractivity contribution in [1.29, 1.82) is 0 Å². The lowest BCUT2D eigenvalue weighted by atomic mass is 10.2. The molecule has 0 unspecified atom stereocenters. The predicted molar refractivity (Wildman–Crippen MR) is 67.8 cm³/mol. The number of esters is 1. The van der Waals surface area contributed by atoms with E-state index in [0.717, 1.165) is 5.56 Å². The molecular formula is C13H18N2O3. The first-order valence-corrected chi connectivity index (χ1v) is 5.83. The number of ether oxygens (including phenoxy) is 1. The minimum Gasteiger partial charge on any atom is -0.460 e. The molecule has 5 heteroatoms. The molecular weight excluding hydrogens is 232 g/mol. The molecule has 5 nitrogen and oxygen atoms in total. The van der Waals surface area contributed by atoms with Gasteiger partial charge in [0.25, 0.3) is 0 Å². The number of nitrogens with one attached hydrogen (secondary N) is 2. The lowest BCUT2D eigenvalue weighted by Gasteiger charge is -2.06. The molecule has 1 aromatic carbocycles. The van der Waals surface area contributed by atoms with E-state index in [0.29, 0.717) is 13.1 Å². The van der Waals surface area contributed by atoms with Crippen molar-refractivity contribution in [3.8, 4) is 0 Å². The van der Waals surface area contributed by atoms with Gasteiger partial charge in [0.2, 0.25) is 5.91 Å². The van der Waals surface area contributed by atoms with E-state index in [9.17, 15) is 9.59 Å². The first kappa shape index (κ1) is 14.2. The second kappa shape index (κ2) is 8.25. The van der Waals surface area contributed by atoms with E-state index in [4.69, 9.17) is 4.74 Å². The van der Waals surface area contributed by atoms with E-state index < -0.39 is 0 Å². The summed E-state index contributed by atoms with van der Waals surface area (Å²) < 4.78 is 5.07. The van der Waals surface area contributed by atoms with Gasteiger partial charge in [0.1, 0.15) is 6.61 Å². The standard InChI is InChI=1S/C13H18N2O3/c1-11(16)15-8-7-14-9-13(17)18-10-12-5-3-2-4-6-12/h2-6,14H,7-10H2,1H3,(H,15,16). The Balaban J connectivity index is 2.06. The van der Waals surface area contributed by atoms with Gasteiger partial charge in [-0.1, -0.05) is 30.3 Å². The highest BCUT2D eigenvalue weighted by atomic mass is 16.5. The highest BCUT2D eigenvalue weighted by Crippen LogP contribution is 2.00. The van der Waals surface area contributed by atoms with E-state index in [1.54, 1.807) is 0 Å². The maximum Gasteiger partial charge on any atom is 0.320 e. The highest BCUT2D eigenvalue weighted by molar-refractivity contribution is 5.73. The van der Waals surface area contributed by atoms with Gasteiger partial charge in [-0.15, -0.1) is 0 Å². The number of benzene rings is 1. The van der Waals surface area contributed by atoms with Gasteiger partial charge >= 0.3 is 5.97 Å². The molecule has 0 heterocycles. The Morgan fingerprint density at radius 2 is 1.89 bits per heavy atom. The molecule has 0 saturated heterocycles. The third-order valence-corrected chi connectivity index (χ3v) is 2.19. The maximum absolute atomic E-state index is 11.3. The van der Waals surface area contributed by atoms with Crippen LogP contribution in [0, 0.1) is 0 Å². The summed E-state index contributed by atoms with van der Waals surface area (Å²) in [5.74, 6) is -0.384. The lowest BCUT2D eigenvalue weighted by Crippen LogP contribution is -2.33. The Kier molecular flexibility index (Phi) is 6.50. The molecule has 0 bridgehead atoms. The Bertz CT molecular complexity index is 379. The zero-order valence-corrected chi connectivity index (χ0v) is 10.4. The third-order valence-electron chi connectivity index (χ3n) is 2.19. The molecule has 0 saturated carbocycles. The number of carbonyl (C=O) groups is 2. The quantitative estimate of drug-likeness (QED) is 0.545. The van der Waals surface area contributed by atoms with Gasteiger partial charge in [0.05, 0.1) is 6.54 Å². The minimum absolute atomic E-state index is 0.0801. The third kappa shape index (κ3) is 6.65. The lowest BCUT2D eigenvalue weighted by molar-refractivity contribution is -0.143. The van der Waals surface area contributed by atoms with Crippen LogP contribution in [0.2, 0.25) is 0 Å². The van der Waals surface area contributed by atoms with Crippen LogP contribution in [0.15, 0.2) is 30.3 Å². The molecule has 1 aromatic rings. The number of carbonyl (C=O) groups excluding carboxylic acids is 2. The normalized spacial score (nSPS) is 9.83. The molecule has 2 N–H and O–H groups in total. The van der Waals surface area contributed by atoms with Crippen LogP contribution in [-0.2, 0) is 20.9 Å². The topological polar surface area (TPSA) is 67.4 Å². The fourth-order valence-corrected chi connectivity index (χ4v) is 1.31. The summed E-state index contributed by atoms with van der Waals surface area (Å²) in [5, 5.41) is 5.51. The Hall–Kier alpha value is -1.88. The van der Waals surface area contributed by atoms with Gasteiger partial charge in [-0.2, -0.15) is 0 Å². The number of hydrogen-bond acceptors (Lipinski definition) is 4. The molecule has 0 aromatic heterocycles. The van der Waals surface area contributed by atoms with Gasteiger partial charge in [0, 0.05) is 20.0 Å². The minimum atomic E-state index is -0.304. The van der Waals surface area contributed by atoms with Gasteiger partial charge in [0.15, 0.2) is 0 Å². The SMILES string of the molecule is CC(=O)NCCNCC(=O)OCc1ccccc1. The summed E-state index contributed by atoms with van der Waals surface area (Å²) in [7, 11) is 0. The summed E-state index contributed by atoms with van der Waals surface area (Å²) in [6.07, 6.45) is 0. The van der Waals surface area contributed by atoms with Crippen LogP contribution in [0.25, 0.3) is 0 Å². The molecule has 0 fully saturated rings. The molecule has 0 aliphatic rings. The molecule has 1 amide bonds. The summed E-state index contributed by atoms with van der Waals surface area (Å²) in [6.45, 7) is 2.93. The van der Waals surface area contributed by atoms with Gasteiger partial charge < -0.3 is 15.4 Å². The monoisotopic (exact) mass is 250 g/mol. The van der Waals surface area contributed by atoms with E-state index in [-0.39, 0.29) is 25.0 Å². The molecule has 98 valence electrons. The molecule has 0 aliphatic carbocycles. The number of hydrogen-bond donors (Lipinski definition) is 2. The molecule has 18 heavy (non-hydrogen) atoms. The van der Waals surface area contributed by atoms with Crippen LogP contribution >= 0.6 is 0 Å². The van der Waals surface area contributed by atoms with Gasteiger partial charge in [-0.25, -0.2) is 0 Å². The second-order valence-electron chi connectivity index (χ2n) is 3.81. The van der Waals surface area contributed by atoms with Crippen molar-refractivity contribution in [1.82, 2.24) is 10.6 Å². The van der Waals surface area contributed by atoms with Crippen molar-refractivity contribution in [3.63, 3.8) is 0 Å². The van der Waals surface area contributed by atoms with Gasteiger partial charge in [-0.3, -0.25) is 9.59 Å². The van der Waals surface area contributed by atoms with Crippen LogP contribution in [0.1, 0.15) is 12.5 Å². The molecule has 0 radical (unpaired) electrons. The van der Waals surface area contributed by atoms with Crippen LogP contribution < -0.4 is 10.6 Å². The number of amides is 1. The predicted octanol–water partition coefficient (Wildman–Crippen LogP) is 0.456. The highest BCUT2D eigenvalue weighted by Gasteiger charge is 2.02. The first-order valence-electron chi connectivity index (χ1n) is 5.83. The summed E-state index contributed by atoms with van der Waals surface area (Å²) in [5.41, 5.74) is 0.962. The Morgan fingerprint density at radius 3 is 2.56 bits per heavy atom. The zero-order chi connectivity index (χ0) is 13.2. The summed E-state index contributed by atoms with van der Waals surface area (Å²) in [6, 6.07) is 9.51. The van der Waals surface area contributed by atoms with Crippen LogP contribution in [0.4, 0.5) is 0 Å². The fraction of sp³-hybridized carbons (Fsp3) is 0.385. The van der Waals surface area contributed by atoms with Crippen LogP contribution in [-0.4, -0.2) is 31.5 Å². The van der Waals surface area contributed by atoms with E-state index in [1.807, 2.05) is 30.3 Å². The maximum atomic E-state index is 11.3. The van der Waals surface area contributed by atoms with Crippen molar-refractivity contribution in [2.75, 3.05) is 19.6 Å². The van der Waals surface area contributed by atoms with Crippen LogP contribution in [0.3, 0.4) is 0 Å². The van der Waals surface area contributed by atoms with E-state index >= 15 is 0 Å². The van der Waals surface area contributed by atoms with Crippen LogP contribution in [0.5, 0.6) is 0 Å². The van der Waals surface area contributed by atoms with Crippen molar-refractivity contribution < 1.29 is 14.3 Å². The smallest absolute Gasteiger partial charge is 0.320 e. The van der Waals surface area contributed by atoms with Crippen molar-refractivity contribution in [2.24, 2.45) is 0 Å². The van der Waals surface area contributed by atoms with E-state index in [1.165, 1.54) is 6.92 Å². The van der Waals surface area contributed by atoms with Crippen molar-refractivity contribution in [2.45, 2.75) is 13.5 Å². The summed E-state index contributed by atoms with van der Waals surface area (Å²) in [4.78, 5) is 21.9. The molecule has 1 rings (SSSR count). The van der Waals surface area contributed by atoms with E-state index in [2.05, 4.69) is 10.6 Å². The largest absolute Gasteiger partial charge is 0.460 e. The molecule has 0 spiro atoms. The Labute approximate surface area is 107 Å². The zero-order valence-electron chi connectivity index (χ0n) is 10.4. The molecule has 0 aliphatic heterocycles. The average molecular weight is 250 g/mol. The molecule has 0 atom stereocenters. The first-order chi connectivity index (χ1) is 8.68. The fourth-order valence-electron chi connectivity index (χ4n) is 1.31. The van der Waals surface area contributed by atoms with Crippen molar-refractivity contribution >= 4 is 11.9 Å². The summed E-state index contributed by atoms with van der Waals surface area (Å²) >= 11 is 0. The second-order valence-corrected chi connectivity index (χ2v) is 3.81. The number of rotatable bonds is 7. The van der Waals surface area contributed by atoms with Crippen molar-refractivity contribution in [3.05, 3.63) is 35.9 Å².